The van der Waals surface area contributed by atoms with Gasteiger partial charge in [-0.25, -0.2) is 0 Å². The van der Waals surface area contributed by atoms with Crippen molar-refractivity contribution >= 4 is 39.7 Å². The average Bonchev–Trinajstić information content (AvgIpc) is 2.84. The van der Waals surface area contributed by atoms with Gasteiger partial charge < -0.3 is 0 Å². The Kier molecular flexibility index (Phi) is 6.11. The molecule has 0 saturated carbocycles. The Bertz CT molecular complexity index is 1140. The van der Waals surface area contributed by atoms with E-state index in [1.165, 1.54) is 6.92 Å². The number of benzene rings is 4. The van der Waals surface area contributed by atoms with Gasteiger partial charge in [0.25, 0.3) is 0 Å². The van der Waals surface area contributed by atoms with Crippen molar-refractivity contribution in [3.63, 3.8) is 0 Å². The molecule has 0 spiro atoms. The predicted molar refractivity (Wildman–Crippen MR) is 132 cm³/mol. The Labute approximate surface area is 183 Å². The molecule has 0 N–H and O–H groups in total. The van der Waals surface area contributed by atoms with Crippen LogP contribution in [-0.4, -0.2) is 16.9 Å². The molecule has 0 amide bonds. The highest BCUT2D eigenvalue weighted by Crippen LogP contribution is 2.47. The van der Waals surface area contributed by atoms with Crippen LogP contribution in [0.25, 0.3) is 0 Å². The smallest absolute Gasteiger partial charge is 0.197 e. The summed E-state index contributed by atoms with van der Waals surface area (Å²) in [5, 5.41) is 3.31. The third-order valence-corrected chi connectivity index (χ3v) is 9.76. The zero-order chi connectivity index (χ0) is 21.7. The lowest BCUT2D eigenvalue weighted by Crippen LogP contribution is -2.36. The Morgan fingerprint density at radius 2 is 0.839 bits per heavy atom. The molecule has 0 bridgehead atoms. The summed E-state index contributed by atoms with van der Waals surface area (Å²) >= 11 is 0. The second-order valence-corrected chi connectivity index (χ2v) is 10.6. The first kappa shape index (κ1) is 20.8. The van der Waals surface area contributed by atoms with Crippen LogP contribution in [0.1, 0.15) is 17.3 Å². The van der Waals surface area contributed by atoms with Gasteiger partial charge in [-0.05, 0) is 29.7 Å². The molecule has 2 nitrogen and oxygen atoms in total. The van der Waals surface area contributed by atoms with Crippen LogP contribution in [0.2, 0.25) is 0 Å². The van der Waals surface area contributed by atoms with Crippen LogP contribution >= 0.6 is 6.89 Å². The normalized spacial score (nSPS) is 11.0. The van der Waals surface area contributed by atoms with Crippen LogP contribution in [0.5, 0.6) is 0 Å². The highest BCUT2D eigenvalue weighted by molar-refractivity contribution is 7.97. The fraction of sp³-hybridized carbons (Fsp3) is 0.0357. The molecule has 4 rings (SSSR count). The van der Waals surface area contributed by atoms with Crippen molar-refractivity contribution in [2.45, 2.75) is 6.92 Å². The van der Waals surface area contributed by atoms with E-state index in [1.807, 2.05) is 109 Å². The number of Topliss-reactive ketones (excluding diaryl/α,β-unsaturated/α-hetero) is 2. The molecule has 0 aliphatic carbocycles. The molecule has 0 heterocycles. The minimum absolute atomic E-state index is 0.196. The highest BCUT2D eigenvalue weighted by Gasteiger charge is 2.35. The maximum Gasteiger partial charge on any atom is 0.197 e. The summed E-state index contributed by atoms with van der Waals surface area (Å²) in [6.45, 7) is -1.21. The number of rotatable bonds is 6. The lowest BCUT2D eigenvalue weighted by Gasteiger charge is -2.31. The third-order valence-electron chi connectivity index (χ3n) is 5.35. The van der Waals surface area contributed by atoms with Gasteiger partial charge >= 0.3 is 0 Å². The minimum atomic E-state index is -2.72. The van der Waals surface area contributed by atoms with Crippen molar-refractivity contribution in [3.05, 3.63) is 127 Å². The fourth-order valence-corrected chi connectivity index (χ4v) is 8.50. The Morgan fingerprint density at radius 1 is 0.516 bits per heavy atom. The zero-order valence-corrected chi connectivity index (χ0v) is 18.2. The molecule has 3 heteroatoms. The molecule has 0 aliphatic heterocycles. The molecular formula is C28H23O2P. The van der Waals surface area contributed by atoms with E-state index < -0.39 is 6.89 Å². The number of hydrogen-bond donors (Lipinski definition) is 0. The van der Waals surface area contributed by atoms with Crippen LogP contribution < -0.4 is 15.9 Å². The number of carbonyl (C=O) groups is 2. The summed E-state index contributed by atoms with van der Waals surface area (Å²) in [6, 6.07) is 39.0. The minimum Gasteiger partial charge on any atom is -0.294 e. The van der Waals surface area contributed by atoms with Crippen molar-refractivity contribution < 1.29 is 9.59 Å². The molecule has 0 atom stereocenters. The van der Waals surface area contributed by atoms with E-state index in [1.54, 1.807) is 12.1 Å². The quantitative estimate of drug-likeness (QED) is 0.258. The van der Waals surface area contributed by atoms with Crippen LogP contribution in [-0.2, 0) is 4.79 Å². The molecule has 0 unspecified atom stereocenters. The predicted octanol–water partition coefficient (Wildman–Crippen LogP) is 4.62. The van der Waals surface area contributed by atoms with Crippen molar-refractivity contribution in [1.29, 1.82) is 0 Å². The summed E-state index contributed by atoms with van der Waals surface area (Å²) in [5.41, 5.74) is 0.528. The number of hydrogen-bond acceptors (Lipinski definition) is 2. The van der Waals surface area contributed by atoms with Crippen LogP contribution in [0.3, 0.4) is 0 Å². The second-order valence-electron chi connectivity index (χ2n) is 7.28. The first-order chi connectivity index (χ1) is 15.2. The van der Waals surface area contributed by atoms with Crippen molar-refractivity contribution in [3.8, 4) is 0 Å². The van der Waals surface area contributed by atoms with Crippen molar-refractivity contribution in [1.82, 2.24) is 0 Å². The standard InChI is InChI=1S/C28H23O2P/c1-22(29)28(27(30)23-14-6-2-7-15-23)31(24-16-8-3-9-17-24,25-18-10-4-11-19-25)26-20-12-5-13-21-26/h2-21H,1H3. The van der Waals surface area contributed by atoms with Crippen LogP contribution in [0.15, 0.2) is 121 Å². The van der Waals surface area contributed by atoms with Crippen molar-refractivity contribution in [2.75, 3.05) is 0 Å². The molecule has 0 fully saturated rings. The van der Waals surface area contributed by atoms with E-state index in [0.29, 0.717) is 10.9 Å². The van der Waals surface area contributed by atoms with E-state index in [-0.39, 0.29) is 11.6 Å². The first-order valence-corrected chi connectivity index (χ1v) is 12.0. The summed E-state index contributed by atoms with van der Waals surface area (Å²) in [5.74, 6) is -0.406. The topological polar surface area (TPSA) is 34.1 Å². The second kappa shape index (κ2) is 9.12. The Hall–Kier alpha value is -3.48. The number of ketones is 2. The van der Waals surface area contributed by atoms with E-state index in [4.69, 9.17) is 0 Å². The van der Waals surface area contributed by atoms with Gasteiger partial charge in [0, 0.05) is 5.56 Å². The Morgan fingerprint density at radius 3 is 1.16 bits per heavy atom. The molecule has 4 aromatic rings. The van der Waals surface area contributed by atoms with Gasteiger partial charge in [0.15, 0.2) is 11.6 Å². The van der Waals surface area contributed by atoms with Gasteiger partial charge in [-0.15, -0.1) is 0 Å². The summed E-state index contributed by atoms with van der Waals surface area (Å²) in [6.07, 6.45) is 0. The SMILES string of the molecule is CC(=O)C(C(=O)c1ccccc1)=P(c1ccccc1)(c1ccccc1)c1ccccc1. The summed E-state index contributed by atoms with van der Waals surface area (Å²) < 4.78 is 0. The largest absolute Gasteiger partial charge is 0.294 e. The van der Waals surface area contributed by atoms with Gasteiger partial charge in [-0.2, -0.15) is 0 Å². The average molecular weight is 422 g/mol. The molecule has 31 heavy (non-hydrogen) atoms. The third kappa shape index (κ3) is 3.83. The molecule has 0 saturated heterocycles. The molecule has 4 aromatic carbocycles. The fourth-order valence-electron chi connectivity index (χ4n) is 4.06. The van der Waals surface area contributed by atoms with Gasteiger partial charge in [-0.1, -0.05) is 121 Å². The van der Waals surface area contributed by atoms with Gasteiger partial charge in [0.1, 0.15) is 0 Å². The van der Waals surface area contributed by atoms with Gasteiger partial charge in [-0.3, -0.25) is 9.59 Å². The molecule has 0 aromatic heterocycles. The van der Waals surface area contributed by atoms with Crippen LogP contribution in [0, 0.1) is 0 Å². The lowest BCUT2D eigenvalue weighted by molar-refractivity contribution is -0.110. The molecule has 152 valence electrons. The monoisotopic (exact) mass is 422 g/mol. The van der Waals surface area contributed by atoms with E-state index >= 15 is 0 Å². The van der Waals surface area contributed by atoms with Crippen molar-refractivity contribution in [2.24, 2.45) is 0 Å². The lowest BCUT2D eigenvalue weighted by atomic mass is 10.1. The maximum absolute atomic E-state index is 13.9. The maximum atomic E-state index is 13.9. The zero-order valence-electron chi connectivity index (χ0n) is 17.3. The van der Waals surface area contributed by atoms with Crippen LogP contribution in [0.4, 0.5) is 0 Å². The van der Waals surface area contributed by atoms with Gasteiger partial charge in [0.05, 0.1) is 5.29 Å². The van der Waals surface area contributed by atoms with E-state index in [0.717, 1.165) is 15.9 Å². The molecule has 0 radical (unpaired) electrons. The molecule has 0 aliphatic rings. The van der Waals surface area contributed by atoms with E-state index in [2.05, 4.69) is 0 Å². The Balaban J connectivity index is 2.25. The van der Waals surface area contributed by atoms with E-state index in [9.17, 15) is 9.59 Å². The summed E-state index contributed by atoms with van der Waals surface area (Å²) in [7, 11) is 0. The molecular weight excluding hydrogens is 399 g/mol. The van der Waals surface area contributed by atoms with Gasteiger partial charge in [0.2, 0.25) is 0 Å². The first-order valence-electron chi connectivity index (χ1n) is 10.2. The number of carbonyl (C=O) groups excluding carboxylic acids is 2. The summed E-state index contributed by atoms with van der Waals surface area (Å²) in [4.78, 5) is 27.2. The highest BCUT2D eigenvalue weighted by atomic mass is 31.2.